The van der Waals surface area contributed by atoms with Crippen LogP contribution in [-0.4, -0.2) is 60.4 Å². The zero-order valence-corrected chi connectivity index (χ0v) is 56.1. The number of nitriles is 2. The number of hydrogen-bond donors (Lipinski definition) is 0. The van der Waals surface area contributed by atoms with Crippen molar-refractivity contribution in [2.75, 3.05) is 0 Å². The first kappa shape index (κ1) is 57.5. The highest BCUT2D eigenvalue weighted by Gasteiger charge is 2.30. The molecule has 0 fully saturated rings. The summed E-state index contributed by atoms with van der Waals surface area (Å²) in [5.74, 6) is 2.95. The van der Waals surface area contributed by atoms with E-state index in [0.717, 1.165) is 167 Å². The number of para-hydroxylation sites is 19. The van der Waals surface area contributed by atoms with Crippen molar-refractivity contribution < 1.29 is 4.42 Å². The van der Waals surface area contributed by atoms with Crippen LogP contribution < -0.4 is 0 Å². The van der Waals surface area contributed by atoms with Crippen molar-refractivity contribution in [3.8, 4) is 51.7 Å². The maximum atomic E-state index is 11.7. The maximum absolute atomic E-state index is 11.7. The molecule has 0 amide bonds. The summed E-state index contributed by atoms with van der Waals surface area (Å²) in [6.07, 6.45) is 0. The summed E-state index contributed by atoms with van der Waals surface area (Å²) >= 11 is 0. The molecular weight excluding hydrogens is 1310 g/mol. The highest BCUT2D eigenvalue weighted by molar-refractivity contribution is 6.12. The number of benzene rings is 14. The largest absolute Gasteiger partial charge is 0.456 e. The SMILES string of the molecule is N#Cc1c(-n2c3ccccc3n3c4ccccc4nc23)ccc(-n2c3ccccc3n3c4ccccc4nc23)c1-n1c2ccccc2n2c3ccccc3nc12.N#Cc1cccc(-c2ccc3oc4ccc(-n5c6ccccc6c6ccccc65)cc4c3c2)c1-n1c2ccccc2n2c3ccccc3nc12. The average Bonchev–Trinajstić information content (AvgIpc) is 1.54. The van der Waals surface area contributed by atoms with Crippen LogP contribution in [0, 0.1) is 22.7 Å². The third-order valence-corrected chi connectivity index (χ3v) is 21.4. The Morgan fingerprint density at radius 3 is 1.09 bits per heavy atom. The third-order valence-electron chi connectivity index (χ3n) is 21.4. The van der Waals surface area contributed by atoms with E-state index in [9.17, 15) is 10.5 Å². The van der Waals surface area contributed by atoms with Crippen LogP contribution in [0.25, 0.3) is 195 Å². The predicted octanol–water partition coefficient (Wildman–Crippen LogP) is 20.8. The fourth-order valence-electron chi connectivity index (χ4n) is 17.0. The Kier molecular flexibility index (Phi) is 11.7. The van der Waals surface area contributed by atoms with Crippen LogP contribution in [0.15, 0.2) is 314 Å². The molecule has 0 saturated carbocycles. The number of fused-ring (bicyclic) bond motifs is 26. The van der Waals surface area contributed by atoms with Gasteiger partial charge in [0.1, 0.15) is 28.9 Å². The van der Waals surface area contributed by atoms with Crippen LogP contribution in [0.5, 0.6) is 0 Å². The Morgan fingerprint density at radius 1 is 0.264 bits per heavy atom. The van der Waals surface area contributed by atoms with E-state index in [-0.39, 0.29) is 0 Å². The lowest BCUT2D eigenvalue weighted by molar-refractivity contribution is 0.669. The first-order valence-electron chi connectivity index (χ1n) is 35.1. The molecule has 10 heterocycles. The molecule has 16 heteroatoms. The molecule has 0 N–H and O–H groups in total. The summed E-state index contributed by atoms with van der Waals surface area (Å²) in [6, 6.07) is 111. The summed E-state index contributed by atoms with van der Waals surface area (Å²) in [5, 5.41) is 26.7. The molecule has 0 bridgehead atoms. The van der Waals surface area contributed by atoms with E-state index in [1.807, 2.05) is 127 Å². The summed E-state index contributed by atoms with van der Waals surface area (Å²) < 4.78 is 26.1. The second kappa shape index (κ2) is 21.6. The van der Waals surface area contributed by atoms with E-state index < -0.39 is 0 Å². The molecule has 106 heavy (non-hydrogen) atoms. The van der Waals surface area contributed by atoms with Gasteiger partial charge in [0.2, 0.25) is 23.1 Å². The number of rotatable bonds is 6. The van der Waals surface area contributed by atoms with Crippen molar-refractivity contribution in [1.29, 1.82) is 10.5 Å². The minimum absolute atomic E-state index is 0.472. The zero-order chi connectivity index (χ0) is 69.6. The Hall–Kier alpha value is -15.3. The van der Waals surface area contributed by atoms with E-state index in [4.69, 9.17) is 24.4 Å². The molecule has 24 rings (SSSR count). The van der Waals surface area contributed by atoms with Crippen LogP contribution in [-0.2, 0) is 0 Å². The van der Waals surface area contributed by atoms with Gasteiger partial charge >= 0.3 is 0 Å². The van der Waals surface area contributed by atoms with Crippen molar-refractivity contribution in [3.05, 3.63) is 321 Å². The van der Waals surface area contributed by atoms with Crippen LogP contribution in [0.3, 0.4) is 0 Å². The molecule has 0 spiro atoms. The first-order valence-corrected chi connectivity index (χ1v) is 35.1. The maximum Gasteiger partial charge on any atom is 0.220 e. The van der Waals surface area contributed by atoms with Gasteiger partial charge < -0.3 is 8.98 Å². The minimum atomic E-state index is 0.472. The van der Waals surface area contributed by atoms with Gasteiger partial charge in [0.25, 0.3) is 0 Å². The van der Waals surface area contributed by atoms with E-state index in [0.29, 0.717) is 28.3 Å². The minimum Gasteiger partial charge on any atom is -0.456 e. The van der Waals surface area contributed by atoms with Crippen LogP contribution >= 0.6 is 0 Å². The molecule has 0 radical (unpaired) electrons. The normalized spacial score (nSPS) is 12.1. The molecule has 0 aliphatic rings. The Bertz CT molecular complexity index is 7980. The fourth-order valence-corrected chi connectivity index (χ4v) is 17.0. The zero-order valence-electron chi connectivity index (χ0n) is 56.1. The smallest absolute Gasteiger partial charge is 0.220 e. The molecule has 0 atom stereocenters. The summed E-state index contributed by atoms with van der Waals surface area (Å²) in [4.78, 5) is 20.8. The number of hydrogen-bond acceptors (Lipinski definition) is 7. The summed E-state index contributed by atoms with van der Waals surface area (Å²) in [5.41, 5.74) is 26.4. The fraction of sp³-hybridized carbons (Fsp3) is 0. The predicted molar refractivity (Wildman–Crippen MR) is 422 cm³/mol. The molecule has 24 aromatic rings. The molecule has 492 valence electrons. The standard InChI is InChI=1S/C46H26N10.C44H25N5O/c47-27-28-32(51-36-19-7-8-20-37(36)52-33-16-4-1-13-29(33)48-44(51)52)25-26-42(55-39-22-10-9-21-38(39)53-34-17-5-2-14-30(34)49-45(53)55)43(28)56-41-24-12-11-23-40(41)54-35-18-6-3-15-31(35)50-46(54)56;45-26-28-10-9-13-30(43(28)49-40-19-8-7-18-39(40)48-38-17-6-3-14-35(38)46-44(48)49)27-20-22-41-33(24-27)34-25-29(21-23-42(34)50-41)47-36-15-4-1-11-31(36)32-12-2-5-16-37(32)47/h1-26H;1-25H. The van der Waals surface area contributed by atoms with Gasteiger partial charge in [-0.15, -0.1) is 0 Å². The van der Waals surface area contributed by atoms with Crippen LogP contribution in [0.2, 0.25) is 0 Å². The molecule has 0 unspecified atom stereocenters. The number of furan rings is 1. The molecular formula is C90H51N15O. The lowest BCUT2D eigenvalue weighted by atomic mass is 9.98. The van der Waals surface area contributed by atoms with Crippen LogP contribution in [0.1, 0.15) is 11.1 Å². The molecule has 0 saturated heterocycles. The Morgan fingerprint density at radius 2 is 0.632 bits per heavy atom. The topological polar surface area (TPSA) is 155 Å². The van der Waals surface area contributed by atoms with Gasteiger partial charge in [0.05, 0.1) is 128 Å². The van der Waals surface area contributed by atoms with Gasteiger partial charge in [-0.1, -0.05) is 152 Å². The average molecular weight is 1360 g/mol. The van der Waals surface area contributed by atoms with Crippen molar-refractivity contribution in [2.45, 2.75) is 0 Å². The Balaban J connectivity index is 0.000000130. The lowest BCUT2D eigenvalue weighted by Gasteiger charge is -2.19. The van der Waals surface area contributed by atoms with E-state index in [2.05, 4.69) is 235 Å². The second-order valence-corrected chi connectivity index (χ2v) is 26.9. The number of imidazole rings is 8. The highest BCUT2D eigenvalue weighted by atomic mass is 16.3. The molecule has 0 aliphatic heterocycles. The van der Waals surface area contributed by atoms with Gasteiger partial charge in [-0.25, -0.2) is 19.9 Å². The van der Waals surface area contributed by atoms with E-state index in [1.165, 1.54) is 10.8 Å². The number of aromatic nitrogens is 13. The quantitative estimate of drug-likeness (QED) is 0.160. The van der Waals surface area contributed by atoms with Crippen LogP contribution in [0.4, 0.5) is 0 Å². The Labute approximate surface area is 599 Å². The molecule has 10 aromatic heterocycles. The highest BCUT2D eigenvalue weighted by Crippen LogP contribution is 2.44. The van der Waals surface area contributed by atoms with Crippen molar-refractivity contribution >= 4 is 155 Å². The summed E-state index contributed by atoms with van der Waals surface area (Å²) in [7, 11) is 0. The van der Waals surface area contributed by atoms with Crippen molar-refractivity contribution in [3.63, 3.8) is 0 Å². The van der Waals surface area contributed by atoms with Crippen molar-refractivity contribution in [2.24, 2.45) is 0 Å². The monoisotopic (exact) mass is 1360 g/mol. The van der Waals surface area contributed by atoms with Gasteiger partial charge in [0, 0.05) is 32.8 Å². The van der Waals surface area contributed by atoms with E-state index in [1.54, 1.807) is 0 Å². The lowest BCUT2D eigenvalue weighted by Crippen LogP contribution is -2.10. The molecule has 14 aromatic carbocycles. The van der Waals surface area contributed by atoms with Gasteiger partial charge in [0.15, 0.2) is 0 Å². The van der Waals surface area contributed by atoms with Crippen molar-refractivity contribution in [1.82, 2.24) is 60.4 Å². The molecule has 0 aliphatic carbocycles. The third kappa shape index (κ3) is 7.81. The number of nitrogens with zero attached hydrogens (tertiary/aromatic N) is 15. The molecule has 16 nitrogen and oxygen atoms in total. The first-order chi connectivity index (χ1) is 52.5. The summed E-state index contributed by atoms with van der Waals surface area (Å²) in [6.45, 7) is 0. The van der Waals surface area contributed by atoms with Gasteiger partial charge in [-0.2, -0.15) is 10.5 Å². The second-order valence-electron chi connectivity index (χ2n) is 26.9. The van der Waals surface area contributed by atoms with Gasteiger partial charge in [-0.05, 0) is 163 Å². The van der Waals surface area contributed by atoms with E-state index >= 15 is 0 Å². The van der Waals surface area contributed by atoms with Gasteiger partial charge in [-0.3, -0.25) is 35.9 Å².